The molecule has 0 unspecified atom stereocenters. The lowest BCUT2D eigenvalue weighted by molar-refractivity contribution is -0.0267. The number of anilines is 1. The highest BCUT2D eigenvalue weighted by molar-refractivity contribution is 5.89. The molecule has 6 rings (SSSR count). The number of pyridine rings is 1. The minimum absolute atomic E-state index is 0.0788. The number of nitrogens with zero attached hydrogens (tertiary/aromatic N) is 3. The largest absolute Gasteiger partial charge is 0.496 e. The number of carbonyl (C=O) groups excluding carboxylic acids is 1. The standard InChI is InChI=1S/C35H33F2N3O5/c1-20-6-5-7-24(14-20)32-22(3)40(34(43)45-32)17-29-27(11-13-31(38-29)39-18-35(36,37)19-39)28-16-23(9-12-30(28)44-4)26-10-8-25(33(41)42)15-21(26)2/h5-16,22,32H,17-19H2,1-4H3,(H,41,42)/t22-,32-/m0/s1. The van der Waals surface area contributed by atoms with Gasteiger partial charge in [-0.2, -0.15) is 0 Å². The Labute approximate surface area is 259 Å². The van der Waals surface area contributed by atoms with Gasteiger partial charge in [0.2, 0.25) is 0 Å². The molecule has 4 aromatic rings. The molecule has 0 bridgehead atoms. The number of aromatic carboxylic acids is 1. The third kappa shape index (κ3) is 5.80. The lowest BCUT2D eigenvalue weighted by Gasteiger charge is -2.39. The topological polar surface area (TPSA) is 92.2 Å². The minimum atomic E-state index is -2.78. The molecule has 3 aromatic carbocycles. The van der Waals surface area contributed by atoms with Gasteiger partial charge in [-0.25, -0.2) is 23.4 Å². The molecule has 2 aliphatic rings. The van der Waals surface area contributed by atoms with Gasteiger partial charge in [0, 0.05) is 11.1 Å². The van der Waals surface area contributed by atoms with Gasteiger partial charge in [-0.3, -0.25) is 4.90 Å². The van der Waals surface area contributed by atoms with Crippen molar-refractivity contribution in [2.45, 2.75) is 45.4 Å². The van der Waals surface area contributed by atoms with Gasteiger partial charge in [0.1, 0.15) is 17.7 Å². The number of aromatic nitrogens is 1. The van der Waals surface area contributed by atoms with Gasteiger partial charge in [0.15, 0.2) is 0 Å². The van der Waals surface area contributed by atoms with E-state index in [1.54, 1.807) is 36.3 Å². The second-order valence-corrected chi connectivity index (χ2v) is 11.7. The van der Waals surface area contributed by atoms with Gasteiger partial charge < -0.3 is 19.5 Å². The summed E-state index contributed by atoms with van der Waals surface area (Å²) in [4.78, 5) is 32.7. The van der Waals surface area contributed by atoms with E-state index >= 15 is 0 Å². The summed E-state index contributed by atoms with van der Waals surface area (Å²) < 4.78 is 39.2. The minimum Gasteiger partial charge on any atom is -0.496 e. The Hall–Kier alpha value is -4.99. The van der Waals surface area contributed by atoms with Gasteiger partial charge in [-0.05, 0) is 79.4 Å². The Balaban J connectivity index is 1.41. The van der Waals surface area contributed by atoms with E-state index in [-0.39, 0.29) is 18.2 Å². The summed E-state index contributed by atoms with van der Waals surface area (Å²) in [7, 11) is 1.56. The Morgan fingerprint density at radius 3 is 2.44 bits per heavy atom. The number of cyclic esters (lactones) is 1. The van der Waals surface area contributed by atoms with E-state index in [0.29, 0.717) is 28.4 Å². The molecule has 10 heteroatoms. The fraction of sp³-hybridized carbons (Fsp3) is 0.286. The van der Waals surface area contributed by atoms with E-state index in [9.17, 15) is 23.5 Å². The molecule has 232 valence electrons. The van der Waals surface area contributed by atoms with Crippen molar-refractivity contribution in [2.75, 3.05) is 25.1 Å². The van der Waals surface area contributed by atoms with E-state index in [2.05, 4.69) is 0 Å². The molecule has 2 fully saturated rings. The molecule has 2 saturated heterocycles. The summed E-state index contributed by atoms with van der Waals surface area (Å²) in [6, 6.07) is 21.6. The summed E-state index contributed by atoms with van der Waals surface area (Å²) in [5.74, 6) is -2.83. The first-order valence-electron chi connectivity index (χ1n) is 14.6. The molecule has 3 heterocycles. The molecular formula is C35H33F2N3O5. The van der Waals surface area contributed by atoms with E-state index in [1.165, 1.54) is 4.90 Å². The molecule has 0 saturated carbocycles. The first kappa shape index (κ1) is 30.1. The van der Waals surface area contributed by atoms with Crippen LogP contribution in [0.2, 0.25) is 0 Å². The monoisotopic (exact) mass is 613 g/mol. The highest BCUT2D eigenvalue weighted by atomic mass is 19.3. The van der Waals surface area contributed by atoms with Crippen LogP contribution in [0.1, 0.15) is 45.8 Å². The number of hydrogen-bond acceptors (Lipinski definition) is 6. The fourth-order valence-electron chi connectivity index (χ4n) is 6.08. The SMILES string of the molecule is COc1ccc(-c2ccc(C(=O)O)cc2C)cc1-c1ccc(N2CC(F)(F)C2)nc1CN1C(=O)O[C@H](c2cccc(C)c2)[C@@H]1C. The average Bonchev–Trinajstić information content (AvgIpc) is 3.28. The molecule has 45 heavy (non-hydrogen) atoms. The smallest absolute Gasteiger partial charge is 0.411 e. The highest BCUT2D eigenvalue weighted by Crippen LogP contribution is 2.41. The van der Waals surface area contributed by atoms with Gasteiger partial charge in [0.05, 0.1) is 44.0 Å². The molecule has 0 aliphatic carbocycles. The Morgan fingerprint density at radius 2 is 1.78 bits per heavy atom. The molecule has 0 radical (unpaired) electrons. The highest BCUT2D eigenvalue weighted by Gasteiger charge is 2.45. The van der Waals surface area contributed by atoms with Crippen molar-refractivity contribution in [1.29, 1.82) is 0 Å². The van der Waals surface area contributed by atoms with Crippen LogP contribution in [0.25, 0.3) is 22.3 Å². The van der Waals surface area contributed by atoms with Crippen LogP contribution in [-0.4, -0.2) is 59.2 Å². The van der Waals surface area contributed by atoms with Crippen molar-refractivity contribution in [2.24, 2.45) is 0 Å². The number of carbonyl (C=O) groups is 2. The van der Waals surface area contributed by atoms with Crippen molar-refractivity contribution in [3.05, 3.63) is 101 Å². The van der Waals surface area contributed by atoms with Gasteiger partial charge in [-0.15, -0.1) is 0 Å². The van der Waals surface area contributed by atoms with Crippen LogP contribution in [-0.2, 0) is 11.3 Å². The van der Waals surface area contributed by atoms with Crippen molar-refractivity contribution >= 4 is 17.9 Å². The summed E-state index contributed by atoms with van der Waals surface area (Å²) >= 11 is 0. The number of halogens is 2. The predicted molar refractivity (Wildman–Crippen MR) is 166 cm³/mol. The van der Waals surface area contributed by atoms with Crippen molar-refractivity contribution in [3.8, 4) is 28.0 Å². The normalized spacial score (nSPS) is 18.8. The molecule has 2 atom stereocenters. The number of amides is 1. The molecule has 1 amide bonds. The Bertz CT molecular complexity index is 1800. The zero-order valence-corrected chi connectivity index (χ0v) is 25.4. The van der Waals surface area contributed by atoms with Crippen molar-refractivity contribution in [3.63, 3.8) is 0 Å². The third-order valence-corrected chi connectivity index (χ3v) is 8.48. The average molecular weight is 614 g/mol. The van der Waals surface area contributed by atoms with Crippen LogP contribution in [0.4, 0.5) is 19.4 Å². The van der Waals surface area contributed by atoms with Crippen molar-refractivity contribution < 1.29 is 33.0 Å². The molecule has 0 spiro atoms. The number of rotatable bonds is 8. The van der Waals surface area contributed by atoms with Crippen LogP contribution in [0.15, 0.2) is 72.8 Å². The summed E-state index contributed by atoms with van der Waals surface area (Å²) in [6.45, 7) is 4.97. The molecule has 8 nitrogen and oxygen atoms in total. The number of carboxylic acids is 1. The van der Waals surface area contributed by atoms with Crippen LogP contribution in [0, 0.1) is 13.8 Å². The zero-order valence-electron chi connectivity index (χ0n) is 25.4. The van der Waals surface area contributed by atoms with Crippen molar-refractivity contribution in [1.82, 2.24) is 9.88 Å². The van der Waals surface area contributed by atoms with Crippen LogP contribution >= 0.6 is 0 Å². The van der Waals surface area contributed by atoms with E-state index in [4.69, 9.17) is 14.5 Å². The van der Waals surface area contributed by atoms with E-state index in [0.717, 1.165) is 27.8 Å². The number of ether oxygens (including phenoxy) is 2. The summed E-state index contributed by atoms with van der Waals surface area (Å²) in [5, 5.41) is 9.42. The third-order valence-electron chi connectivity index (χ3n) is 8.48. The molecule has 1 N–H and O–H groups in total. The van der Waals surface area contributed by atoms with E-state index < -0.39 is 37.2 Å². The Morgan fingerprint density at radius 1 is 1.02 bits per heavy atom. The number of benzene rings is 3. The maximum Gasteiger partial charge on any atom is 0.411 e. The fourth-order valence-corrected chi connectivity index (χ4v) is 6.08. The number of methoxy groups -OCH3 is 1. The quantitative estimate of drug-likeness (QED) is 0.223. The van der Waals surface area contributed by atoms with Crippen LogP contribution < -0.4 is 9.64 Å². The van der Waals surface area contributed by atoms with E-state index in [1.807, 2.05) is 69.3 Å². The number of hydrogen-bond donors (Lipinski definition) is 1. The first-order valence-corrected chi connectivity index (χ1v) is 14.6. The summed E-state index contributed by atoms with van der Waals surface area (Å²) in [5.41, 5.74) is 6.46. The van der Waals surface area contributed by atoms with Gasteiger partial charge >= 0.3 is 12.1 Å². The number of alkyl halides is 2. The van der Waals surface area contributed by atoms with Crippen LogP contribution in [0.5, 0.6) is 5.75 Å². The second-order valence-electron chi connectivity index (χ2n) is 11.7. The van der Waals surface area contributed by atoms with Gasteiger partial charge in [-0.1, -0.05) is 42.0 Å². The first-order chi connectivity index (χ1) is 21.4. The molecule has 1 aromatic heterocycles. The number of carboxylic acid groups (broad SMARTS) is 1. The predicted octanol–water partition coefficient (Wildman–Crippen LogP) is 7.28. The maximum atomic E-state index is 13.8. The summed E-state index contributed by atoms with van der Waals surface area (Å²) in [6.07, 6.45) is -0.967. The van der Waals surface area contributed by atoms with Gasteiger partial charge in [0.25, 0.3) is 5.92 Å². The molecule has 2 aliphatic heterocycles. The number of aryl methyl sites for hydroxylation is 2. The second kappa shape index (κ2) is 11.5. The lowest BCUT2D eigenvalue weighted by atomic mass is 9.93. The molecular weight excluding hydrogens is 580 g/mol. The Kier molecular flexibility index (Phi) is 7.68. The van der Waals surface area contributed by atoms with Crippen LogP contribution in [0.3, 0.4) is 0 Å². The zero-order chi connectivity index (χ0) is 32.0. The lowest BCUT2D eigenvalue weighted by Crippen LogP contribution is -2.56. The maximum absolute atomic E-state index is 13.8.